The molecule has 0 aromatic rings. The second-order valence-electron chi connectivity index (χ2n) is 19.3. The normalized spacial score (nSPS) is 20.2. The number of esters is 1. The highest BCUT2D eigenvalue weighted by atomic mass is 16.7. The van der Waals surface area contributed by atoms with Crippen molar-refractivity contribution in [1.29, 1.82) is 0 Å². The summed E-state index contributed by atoms with van der Waals surface area (Å²) in [5.74, 6) is -1.31. The maximum Gasteiger partial charge on any atom is 0.306 e. The van der Waals surface area contributed by atoms with Crippen LogP contribution >= 0.6 is 0 Å². The van der Waals surface area contributed by atoms with E-state index in [1.165, 1.54) is 83.5 Å². The second-order valence-corrected chi connectivity index (χ2v) is 19.3. The van der Waals surface area contributed by atoms with Crippen LogP contribution < -0.4 is 5.32 Å². The fourth-order valence-electron chi connectivity index (χ4n) is 8.19. The van der Waals surface area contributed by atoms with Crippen LogP contribution in [0, 0.1) is 0 Å². The summed E-state index contributed by atoms with van der Waals surface area (Å²) in [5.41, 5.74) is 0. The summed E-state index contributed by atoms with van der Waals surface area (Å²) in [6.07, 6.45) is 53.3. The first-order chi connectivity index (χ1) is 35.2. The number of nitrogens with one attached hydrogen (secondary N) is 1. The van der Waals surface area contributed by atoms with E-state index in [1.54, 1.807) is 12.2 Å². The van der Waals surface area contributed by atoms with Crippen molar-refractivity contribution >= 4 is 11.9 Å². The Balaban J connectivity index is 2.80. The zero-order valence-electron chi connectivity index (χ0n) is 45.3. The molecule has 1 aliphatic heterocycles. The van der Waals surface area contributed by atoms with Gasteiger partial charge in [-0.05, 0) is 83.5 Å². The molecule has 0 aromatic heterocycles. The number of aliphatic hydroxyl groups excluding tert-OH is 5. The molecular weight excluding hydrogens is 907 g/mol. The first kappa shape index (κ1) is 66.6. The van der Waals surface area contributed by atoms with E-state index in [0.29, 0.717) is 12.8 Å². The number of unbranched alkanes of at least 4 members (excludes halogenated alkanes) is 19. The van der Waals surface area contributed by atoms with Gasteiger partial charge in [-0.15, -0.1) is 0 Å². The number of carbonyl (C=O) groups is 2. The zero-order chi connectivity index (χ0) is 52.5. The first-order valence-electron chi connectivity index (χ1n) is 28.5. The maximum atomic E-state index is 13.3. The van der Waals surface area contributed by atoms with Gasteiger partial charge in [-0.25, -0.2) is 0 Å². The van der Waals surface area contributed by atoms with E-state index >= 15 is 0 Å². The van der Waals surface area contributed by atoms with Crippen molar-refractivity contribution in [3.63, 3.8) is 0 Å². The Morgan fingerprint density at radius 2 is 1.00 bits per heavy atom. The number of rotatable bonds is 46. The lowest BCUT2D eigenvalue weighted by Crippen LogP contribution is -2.61. The molecule has 72 heavy (non-hydrogen) atoms. The first-order valence-corrected chi connectivity index (χ1v) is 28.5. The highest BCUT2D eigenvalue weighted by Gasteiger charge is 2.47. The Labute approximate surface area is 437 Å². The molecule has 1 saturated heterocycles. The summed E-state index contributed by atoms with van der Waals surface area (Å²) in [5, 5.41) is 56.6. The number of carbonyl (C=O) groups excluding carboxylic acids is 2. The quantitative estimate of drug-likeness (QED) is 0.0196. The van der Waals surface area contributed by atoms with Crippen molar-refractivity contribution in [2.24, 2.45) is 0 Å². The summed E-state index contributed by atoms with van der Waals surface area (Å²) in [6, 6.07) is -1.07. The molecule has 8 unspecified atom stereocenters. The van der Waals surface area contributed by atoms with Crippen LogP contribution in [0.4, 0.5) is 0 Å². The average Bonchev–Trinajstić information content (AvgIpc) is 3.38. The molecule has 0 saturated carbocycles. The van der Waals surface area contributed by atoms with Crippen LogP contribution in [-0.4, -0.2) is 99.6 Å². The lowest BCUT2D eigenvalue weighted by Gasteiger charge is -2.41. The number of aliphatic hydroxyl groups is 5. The maximum absolute atomic E-state index is 13.3. The monoisotopic (exact) mass is 1010 g/mol. The predicted octanol–water partition coefficient (Wildman–Crippen LogP) is 12.8. The van der Waals surface area contributed by atoms with E-state index in [-0.39, 0.29) is 19.4 Å². The molecule has 0 spiro atoms. The minimum Gasteiger partial charge on any atom is -0.454 e. The smallest absolute Gasteiger partial charge is 0.306 e. The third-order valence-electron chi connectivity index (χ3n) is 12.7. The number of ether oxygens (including phenoxy) is 3. The Kier molecular flexibility index (Phi) is 44.9. The number of hydrogen-bond acceptors (Lipinski definition) is 10. The summed E-state index contributed by atoms with van der Waals surface area (Å²) in [6.45, 7) is 5.58. The van der Waals surface area contributed by atoms with Crippen LogP contribution in [0.1, 0.15) is 213 Å². The minimum atomic E-state index is -1.64. The number of hydrogen-bond donors (Lipinski definition) is 6. The predicted molar refractivity (Wildman–Crippen MR) is 296 cm³/mol. The van der Waals surface area contributed by atoms with Gasteiger partial charge in [-0.2, -0.15) is 0 Å². The van der Waals surface area contributed by atoms with E-state index in [0.717, 1.165) is 83.5 Å². The molecule has 1 amide bonds. The van der Waals surface area contributed by atoms with Crippen LogP contribution in [-0.2, 0) is 23.8 Å². The standard InChI is InChI=1S/C61H103NO10/c1-4-7-10-13-16-19-22-24-26-27-28-29-30-33-36-39-42-45-48-54(65)60(69)62-52(53(64)47-44-41-38-35-32-21-18-15-12-9-6-3)51-70-61-59(58(68)57(67)55(50-63)71-61)72-56(66)49-46-43-40-37-34-31-25-23-20-17-14-11-8-5-2/h7,10,16,19,24,26,28-29,31,33-34,36,42,44-45,47,52-55,57-59,61,63-65,67-68H,4-6,8-9,11-15,17-18,20-23,25,27,30,32,35,37-41,43,46,48-51H2,1-3H3,(H,62,69)/b10-7-,19-16-,26-24-,29-28-,34-31-,36-33-,45-42-,47-44+. The molecule has 0 radical (unpaired) electrons. The van der Waals surface area contributed by atoms with Gasteiger partial charge in [0.05, 0.1) is 25.4 Å². The minimum absolute atomic E-state index is 0.0523. The van der Waals surface area contributed by atoms with E-state index in [2.05, 4.69) is 92.9 Å². The number of allylic oxidation sites excluding steroid dienone is 14. The fraction of sp³-hybridized carbons (Fsp3) is 0.705. The average molecular weight is 1010 g/mol. The SMILES string of the molecule is CC/C=C\C/C=C\C/C=C\C/C=C\C/C=C\C/C=C\CC(O)C(=O)NC(COC1OC(CO)C(O)C(O)C1OC(=O)CCCCC/C=C\CCCCCCCCC)C(O)/C=C/CCCCCCCCCCC. The van der Waals surface area contributed by atoms with Gasteiger partial charge in [0.25, 0.3) is 0 Å². The van der Waals surface area contributed by atoms with Crippen molar-refractivity contribution < 1.29 is 49.3 Å². The van der Waals surface area contributed by atoms with Crippen molar-refractivity contribution in [2.75, 3.05) is 13.2 Å². The topological polar surface area (TPSA) is 175 Å². The molecule has 11 nitrogen and oxygen atoms in total. The molecule has 6 N–H and O–H groups in total. The van der Waals surface area contributed by atoms with Crippen molar-refractivity contribution in [1.82, 2.24) is 5.32 Å². The van der Waals surface area contributed by atoms with Gasteiger partial charge < -0.3 is 45.1 Å². The molecule has 0 aliphatic carbocycles. The third kappa shape index (κ3) is 36.5. The van der Waals surface area contributed by atoms with E-state index < -0.39 is 67.4 Å². The van der Waals surface area contributed by atoms with Crippen LogP contribution in [0.15, 0.2) is 97.2 Å². The van der Waals surface area contributed by atoms with Gasteiger partial charge >= 0.3 is 5.97 Å². The fourth-order valence-corrected chi connectivity index (χ4v) is 8.19. The highest BCUT2D eigenvalue weighted by Crippen LogP contribution is 2.26. The molecule has 412 valence electrons. The summed E-state index contributed by atoms with van der Waals surface area (Å²) < 4.78 is 17.5. The van der Waals surface area contributed by atoms with Crippen LogP contribution in [0.3, 0.4) is 0 Å². The van der Waals surface area contributed by atoms with E-state index in [4.69, 9.17) is 14.2 Å². The van der Waals surface area contributed by atoms with Gasteiger partial charge in [0.1, 0.15) is 24.4 Å². The van der Waals surface area contributed by atoms with Gasteiger partial charge in [0.15, 0.2) is 12.4 Å². The molecule has 11 heteroatoms. The van der Waals surface area contributed by atoms with E-state index in [1.807, 2.05) is 18.2 Å². The Bertz CT molecular complexity index is 1530. The highest BCUT2D eigenvalue weighted by molar-refractivity contribution is 5.81. The summed E-state index contributed by atoms with van der Waals surface area (Å²) >= 11 is 0. The molecule has 1 fully saturated rings. The zero-order valence-corrected chi connectivity index (χ0v) is 45.3. The van der Waals surface area contributed by atoms with Crippen molar-refractivity contribution in [3.8, 4) is 0 Å². The van der Waals surface area contributed by atoms with Crippen molar-refractivity contribution in [3.05, 3.63) is 97.2 Å². The second kappa shape index (κ2) is 48.5. The third-order valence-corrected chi connectivity index (χ3v) is 12.7. The largest absolute Gasteiger partial charge is 0.454 e. The summed E-state index contributed by atoms with van der Waals surface area (Å²) in [4.78, 5) is 26.4. The van der Waals surface area contributed by atoms with E-state index in [9.17, 15) is 35.1 Å². The molecular formula is C61H103NO10. The van der Waals surface area contributed by atoms with Crippen LogP contribution in [0.25, 0.3) is 0 Å². The lowest BCUT2D eigenvalue weighted by atomic mass is 9.99. The van der Waals surface area contributed by atoms with Crippen molar-refractivity contribution in [2.45, 2.75) is 262 Å². The van der Waals surface area contributed by atoms with Gasteiger partial charge in [0, 0.05) is 12.8 Å². The summed E-state index contributed by atoms with van der Waals surface area (Å²) in [7, 11) is 0. The van der Waals surface area contributed by atoms with Gasteiger partial charge in [0.2, 0.25) is 5.91 Å². The molecule has 0 bridgehead atoms. The molecule has 0 aromatic carbocycles. The number of amides is 1. The van der Waals surface area contributed by atoms with Crippen LogP contribution in [0.2, 0.25) is 0 Å². The molecule has 1 heterocycles. The van der Waals surface area contributed by atoms with Crippen LogP contribution in [0.5, 0.6) is 0 Å². The Morgan fingerprint density at radius 3 is 1.49 bits per heavy atom. The molecule has 1 rings (SSSR count). The molecule has 8 atom stereocenters. The lowest BCUT2D eigenvalue weighted by molar-refractivity contribution is -0.305. The Hall–Kier alpha value is -3.42. The molecule has 1 aliphatic rings. The van der Waals surface area contributed by atoms with Gasteiger partial charge in [-0.3, -0.25) is 9.59 Å². The Morgan fingerprint density at radius 1 is 0.556 bits per heavy atom. The van der Waals surface area contributed by atoms with Gasteiger partial charge in [-0.1, -0.05) is 214 Å².